The molecule has 0 bridgehead atoms. The zero-order chi connectivity index (χ0) is 14.8. The molecule has 19 heavy (non-hydrogen) atoms. The average Bonchev–Trinajstić information content (AvgIpc) is 2.27. The van der Waals surface area contributed by atoms with Crippen molar-refractivity contribution in [3.05, 3.63) is 35.1 Å². The fourth-order valence-corrected chi connectivity index (χ4v) is 1.68. The number of carbonyl (C=O) groups excluding carboxylic acids is 1. The van der Waals surface area contributed by atoms with Crippen molar-refractivity contribution in [2.75, 3.05) is 6.54 Å². The number of benzene rings is 1. The van der Waals surface area contributed by atoms with Gasteiger partial charge in [0.15, 0.2) is 0 Å². The molecule has 5 heteroatoms. The Bertz CT molecular complexity index is 506. The predicted octanol–water partition coefficient (Wildman–Crippen LogP) is 2.46. The Morgan fingerprint density at radius 3 is 2.32 bits per heavy atom. The summed E-state index contributed by atoms with van der Waals surface area (Å²) in [5, 5.41) is 8.89. The number of hydrogen-bond donors (Lipinski definition) is 1. The zero-order valence-electron chi connectivity index (χ0n) is 11.5. The lowest BCUT2D eigenvalue weighted by Gasteiger charge is -2.34. The van der Waals surface area contributed by atoms with Gasteiger partial charge in [-0.1, -0.05) is 0 Å². The Morgan fingerprint density at radius 1 is 1.32 bits per heavy atom. The van der Waals surface area contributed by atoms with Crippen LogP contribution in [0.2, 0.25) is 0 Å². The average molecular weight is 267 g/mol. The van der Waals surface area contributed by atoms with Gasteiger partial charge >= 0.3 is 5.97 Å². The van der Waals surface area contributed by atoms with Crippen molar-refractivity contribution >= 4 is 11.9 Å². The normalized spacial score (nSPS) is 11.2. The summed E-state index contributed by atoms with van der Waals surface area (Å²) in [4.78, 5) is 24.4. The minimum Gasteiger partial charge on any atom is -0.480 e. The molecule has 104 valence electrons. The highest BCUT2D eigenvalue weighted by atomic mass is 19.1. The summed E-state index contributed by atoms with van der Waals surface area (Å²) in [6, 6.07) is 4.01. The molecule has 1 aromatic carbocycles. The number of amides is 1. The molecule has 0 heterocycles. The van der Waals surface area contributed by atoms with Crippen molar-refractivity contribution in [1.29, 1.82) is 0 Å². The molecule has 1 aromatic rings. The minimum atomic E-state index is -1.08. The molecule has 0 aliphatic rings. The third-order valence-corrected chi connectivity index (χ3v) is 2.75. The van der Waals surface area contributed by atoms with Crippen LogP contribution in [0.1, 0.15) is 36.7 Å². The van der Waals surface area contributed by atoms with E-state index in [0.29, 0.717) is 5.56 Å². The Hall–Kier alpha value is -1.91. The summed E-state index contributed by atoms with van der Waals surface area (Å²) in [6.45, 7) is 6.43. The van der Waals surface area contributed by atoms with E-state index in [1.54, 1.807) is 27.7 Å². The monoisotopic (exact) mass is 267 g/mol. The van der Waals surface area contributed by atoms with Crippen molar-refractivity contribution < 1.29 is 19.1 Å². The van der Waals surface area contributed by atoms with E-state index in [1.807, 2.05) is 0 Å². The van der Waals surface area contributed by atoms with Crippen molar-refractivity contribution in [3.8, 4) is 0 Å². The predicted molar refractivity (Wildman–Crippen MR) is 69.6 cm³/mol. The summed E-state index contributed by atoms with van der Waals surface area (Å²) < 4.78 is 13.2. The van der Waals surface area contributed by atoms with Gasteiger partial charge in [0, 0.05) is 11.1 Å². The minimum absolute atomic E-state index is 0.287. The van der Waals surface area contributed by atoms with Gasteiger partial charge in [0.1, 0.15) is 12.4 Å². The fraction of sp³-hybridized carbons (Fsp3) is 0.429. The first kappa shape index (κ1) is 15.1. The van der Waals surface area contributed by atoms with Crippen LogP contribution in [-0.2, 0) is 4.79 Å². The maximum atomic E-state index is 13.2. The smallest absolute Gasteiger partial charge is 0.323 e. The lowest BCUT2D eigenvalue weighted by molar-refractivity contribution is -0.138. The summed E-state index contributed by atoms with van der Waals surface area (Å²) in [5.41, 5.74) is 0.0164. The van der Waals surface area contributed by atoms with E-state index < -0.39 is 29.8 Å². The van der Waals surface area contributed by atoms with Crippen LogP contribution >= 0.6 is 0 Å². The summed E-state index contributed by atoms with van der Waals surface area (Å²) in [6.07, 6.45) is 0. The largest absolute Gasteiger partial charge is 0.480 e. The number of aryl methyl sites for hydroxylation is 1. The lowest BCUT2D eigenvalue weighted by atomic mass is 10.0. The van der Waals surface area contributed by atoms with E-state index in [4.69, 9.17) is 5.11 Å². The van der Waals surface area contributed by atoms with Gasteiger partial charge in [-0.05, 0) is 51.5 Å². The van der Waals surface area contributed by atoms with Gasteiger partial charge in [-0.2, -0.15) is 0 Å². The Morgan fingerprint density at radius 2 is 1.89 bits per heavy atom. The van der Waals surface area contributed by atoms with Crippen LogP contribution < -0.4 is 0 Å². The van der Waals surface area contributed by atoms with Crippen LogP contribution in [0.5, 0.6) is 0 Å². The van der Waals surface area contributed by atoms with Crippen LogP contribution in [0, 0.1) is 12.7 Å². The second kappa shape index (κ2) is 5.38. The van der Waals surface area contributed by atoms with Gasteiger partial charge in [0.25, 0.3) is 5.91 Å². The van der Waals surface area contributed by atoms with Crippen molar-refractivity contribution in [2.45, 2.75) is 33.2 Å². The second-order valence-electron chi connectivity index (χ2n) is 5.42. The molecule has 1 amide bonds. The highest BCUT2D eigenvalue weighted by Crippen LogP contribution is 2.18. The molecule has 0 saturated carbocycles. The van der Waals surface area contributed by atoms with Gasteiger partial charge in [0.2, 0.25) is 0 Å². The van der Waals surface area contributed by atoms with Crippen molar-refractivity contribution in [2.24, 2.45) is 0 Å². The molecule has 4 nitrogen and oxygen atoms in total. The van der Waals surface area contributed by atoms with Crippen molar-refractivity contribution in [3.63, 3.8) is 0 Å². The van der Waals surface area contributed by atoms with Gasteiger partial charge in [-0.25, -0.2) is 4.39 Å². The van der Waals surface area contributed by atoms with Gasteiger partial charge < -0.3 is 10.0 Å². The van der Waals surface area contributed by atoms with Crippen LogP contribution in [0.15, 0.2) is 18.2 Å². The zero-order valence-corrected chi connectivity index (χ0v) is 11.5. The fourth-order valence-electron chi connectivity index (χ4n) is 1.68. The number of halogens is 1. The van der Waals surface area contributed by atoms with Crippen LogP contribution in [0.3, 0.4) is 0 Å². The molecule has 0 atom stereocenters. The first-order chi connectivity index (χ1) is 8.62. The number of nitrogens with zero attached hydrogens (tertiary/aromatic N) is 1. The van der Waals surface area contributed by atoms with E-state index in [-0.39, 0.29) is 5.56 Å². The topological polar surface area (TPSA) is 57.6 Å². The molecule has 0 unspecified atom stereocenters. The number of aliphatic carboxylic acids is 1. The molecule has 0 aliphatic heterocycles. The number of carbonyl (C=O) groups is 2. The van der Waals surface area contributed by atoms with E-state index in [2.05, 4.69) is 0 Å². The Balaban J connectivity index is 3.12. The lowest BCUT2D eigenvalue weighted by Crippen LogP contribution is -2.48. The molecular weight excluding hydrogens is 249 g/mol. The van der Waals surface area contributed by atoms with Crippen LogP contribution in [-0.4, -0.2) is 34.0 Å². The molecule has 0 saturated heterocycles. The van der Waals surface area contributed by atoms with Crippen LogP contribution in [0.25, 0.3) is 0 Å². The summed E-state index contributed by atoms with van der Waals surface area (Å²) in [7, 11) is 0. The third-order valence-electron chi connectivity index (χ3n) is 2.75. The Kier molecular flexibility index (Phi) is 4.29. The molecule has 0 fully saturated rings. The molecule has 1 rings (SSSR count). The maximum absolute atomic E-state index is 13.2. The van der Waals surface area contributed by atoms with Gasteiger partial charge in [-0.3, -0.25) is 9.59 Å². The standard InChI is InChI=1S/C14H18FNO3/c1-9-7-10(5-6-11(9)15)13(19)16(8-12(17)18)14(2,3)4/h5-7H,8H2,1-4H3,(H,17,18). The number of carboxylic acids is 1. The number of hydrogen-bond acceptors (Lipinski definition) is 2. The quantitative estimate of drug-likeness (QED) is 0.915. The molecule has 1 N–H and O–H groups in total. The molecule has 0 aromatic heterocycles. The SMILES string of the molecule is Cc1cc(C(=O)N(CC(=O)O)C(C)(C)C)ccc1F. The van der Waals surface area contributed by atoms with E-state index >= 15 is 0 Å². The van der Waals surface area contributed by atoms with Gasteiger partial charge in [-0.15, -0.1) is 0 Å². The molecule has 0 spiro atoms. The Labute approximate surface area is 111 Å². The molecule has 0 radical (unpaired) electrons. The van der Waals surface area contributed by atoms with E-state index in [1.165, 1.54) is 23.1 Å². The third kappa shape index (κ3) is 3.77. The highest BCUT2D eigenvalue weighted by Gasteiger charge is 2.29. The first-order valence-corrected chi connectivity index (χ1v) is 5.93. The van der Waals surface area contributed by atoms with Gasteiger partial charge in [0.05, 0.1) is 0 Å². The van der Waals surface area contributed by atoms with Crippen LogP contribution in [0.4, 0.5) is 4.39 Å². The summed E-state index contributed by atoms with van der Waals surface area (Å²) in [5.74, 6) is -1.89. The highest BCUT2D eigenvalue weighted by molar-refractivity contribution is 5.96. The number of rotatable bonds is 3. The maximum Gasteiger partial charge on any atom is 0.323 e. The second-order valence-corrected chi connectivity index (χ2v) is 5.42. The molecule has 0 aliphatic carbocycles. The molecular formula is C14H18FNO3. The summed E-state index contributed by atoms with van der Waals surface area (Å²) >= 11 is 0. The first-order valence-electron chi connectivity index (χ1n) is 5.93. The van der Waals surface area contributed by atoms with E-state index in [0.717, 1.165) is 0 Å². The van der Waals surface area contributed by atoms with Crippen molar-refractivity contribution in [1.82, 2.24) is 4.90 Å². The number of carboxylic acid groups (broad SMARTS) is 1. The van der Waals surface area contributed by atoms with E-state index in [9.17, 15) is 14.0 Å².